The van der Waals surface area contributed by atoms with Crippen molar-refractivity contribution >= 4 is 38.9 Å². The topological polar surface area (TPSA) is 94.2 Å². The summed E-state index contributed by atoms with van der Waals surface area (Å²) in [5, 5.41) is 9.99. The van der Waals surface area contributed by atoms with Crippen LogP contribution in [-0.4, -0.2) is 25.2 Å². The highest BCUT2D eigenvalue weighted by molar-refractivity contribution is 7.19. The van der Waals surface area contributed by atoms with Crippen LogP contribution >= 0.6 is 22.7 Å². The smallest absolute Gasteiger partial charge is 0.337 e. The van der Waals surface area contributed by atoms with E-state index in [1.54, 1.807) is 6.20 Å². The lowest BCUT2D eigenvalue weighted by Crippen LogP contribution is -2.38. The maximum absolute atomic E-state index is 12.8. The minimum atomic E-state index is -1.16. The summed E-state index contributed by atoms with van der Waals surface area (Å²) in [4.78, 5) is 44.8. The number of pyridine rings is 1. The van der Waals surface area contributed by atoms with E-state index in [4.69, 9.17) is 0 Å². The van der Waals surface area contributed by atoms with Gasteiger partial charge in [-0.25, -0.2) is 9.59 Å². The Labute approximate surface area is 179 Å². The number of aromatic carboxylic acids is 1. The minimum absolute atomic E-state index is 0.0159. The van der Waals surface area contributed by atoms with Gasteiger partial charge in [0.1, 0.15) is 4.83 Å². The molecule has 4 aromatic rings. The maximum atomic E-state index is 12.8. The van der Waals surface area contributed by atoms with Gasteiger partial charge in [0, 0.05) is 35.5 Å². The van der Waals surface area contributed by atoms with Crippen LogP contribution in [0, 0.1) is 0 Å². The van der Waals surface area contributed by atoms with E-state index in [1.165, 1.54) is 34.3 Å². The molecule has 30 heavy (non-hydrogen) atoms. The first-order valence-electron chi connectivity index (χ1n) is 9.30. The second-order valence-electron chi connectivity index (χ2n) is 7.15. The van der Waals surface area contributed by atoms with E-state index in [1.807, 2.05) is 44.2 Å². The number of carboxylic acid groups (broad SMARTS) is 1. The Bertz CT molecular complexity index is 1380. The van der Waals surface area contributed by atoms with Crippen LogP contribution in [0.25, 0.3) is 20.8 Å². The molecule has 1 N–H and O–H groups in total. The first-order chi connectivity index (χ1) is 14.3. The van der Waals surface area contributed by atoms with Crippen LogP contribution < -0.4 is 11.2 Å². The van der Waals surface area contributed by atoms with Gasteiger partial charge in [0.25, 0.3) is 5.56 Å². The first-order valence-corrected chi connectivity index (χ1v) is 10.9. The van der Waals surface area contributed by atoms with E-state index in [0.717, 1.165) is 20.0 Å². The molecule has 0 bridgehead atoms. The summed E-state index contributed by atoms with van der Waals surface area (Å²) in [6, 6.07) is 9.37. The van der Waals surface area contributed by atoms with Crippen molar-refractivity contribution in [1.82, 2.24) is 14.1 Å². The second kappa shape index (κ2) is 7.66. The molecule has 0 atom stereocenters. The average molecular weight is 442 g/mol. The number of rotatable bonds is 5. The van der Waals surface area contributed by atoms with Gasteiger partial charge in [0.05, 0.1) is 21.5 Å². The number of hydrogen-bond donors (Lipinski definition) is 1. The molecule has 0 radical (unpaired) electrons. The van der Waals surface area contributed by atoms with Crippen molar-refractivity contribution in [3.63, 3.8) is 0 Å². The predicted molar refractivity (Wildman–Crippen MR) is 119 cm³/mol. The molecule has 0 aliphatic rings. The number of fused-ring (bicyclic) bond motifs is 1. The van der Waals surface area contributed by atoms with Gasteiger partial charge in [-0.1, -0.05) is 6.07 Å². The van der Waals surface area contributed by atoms with E-state index in [-0.39, 0.29) is 17.0 Å². The molecule has 0 aliphatic heterocycles. The zero-order valence-electron chi connectivity index (χ0n) is 16.6. The average Bonchev–Trinajstić information content (AvgIpc) is 3.32. The first kappa shape index (κ1) is 20.2. The largest absolute Gasteiger partial charge is 0.478 e. The van der Waals surface area contributed by atoms with Gasteiger partial charge in [-0.2, -0.15) is 0 Å². The van der Waals surface area contributed by atoms with Gasteiger partial charge < -0.3 is 5.11 Å². The molecule has 0 fully saturated rings. The van der Waals surface area contributed by atoms with Gasteiger partial charge >= 0.3 is 11.7 Å². The molecule has 0 unspecified atom stereocenters. The van der Waals surface area contributed by atoms with Crippen molar-refractivity contribution in [2.75, 3.05) is 0 Å². The molecular formula is C21H19N3O4S2. The normalized spacial score (nSPS) is 11.5. The molecule has 9 heteroatoms. The van der Waals surface area contributed by atoms with Crippen molar-refractivity contribution in [1.29, 1.82) is 0 Å². The molecule has 0 saturated carbocycles. The Kier molecular flexibility index (Phi) is 5.17. The fourth-order valence-corrected chi connectivity index (χ4v) is 5.94. The molecule has 4 rings (SSSR count). The zero-order chi connectivity index (χ0) is 21.6. The monoisotopic (exact) mass is 441 g/mol. The minimum Gasteiger partial charge on any atom is -0.478 e. The molecule has 7 nitrogen and oxygen atoms in total. The molecular weight excluding hydrogens is 422 g/mol. The summed E-state index contributed by atoms with van der Waals surface area (Å²) >= 11 is 2.74. The van der Waals surface area contributed by atoms with Gasteiger partial charge in [0.15, 0.2) is 0 Å². The van der Waals surface area contributed by atoms with Crippen molar-refractivity contribution in [2.24, 2.45) is 7.05 Å². The van der Waals surface area contributed by atoms with Crippen molar-refractivity contribution in [3.8, 4) is 10.6 Å². The van der Waals surface area contributed by atoms with Gasteiger partial charge in [0.2, 0.25) is 0 Å². The molecule has 0 amide bonds. The fraction of sp³-hybridized carbons (Fsp3) is 0.238. The molecule has 4 aromatic heterocycles. The Morgan fingerprint density at radius 1 is 1.17 bits per heavy atom. The summed E-state index contributed by atoms with van der Waals surface area (Å²) in [7, 11) is 1.38. The van der Waals surface area contributed by atoms with E-state index in [2.05, 4.69) is 4.98 Å². The highest BCUT2D eigenvalue weighted by atomic mass is 32.1. The molecule has 0 aromatic carbocycles. The molecule has 0 spiro atoms. The number of hydrogen-bond acceptors (Lipinski definition) is 6. The van der Waals surface area contributed by atoms with Crippen LogP contribution in [0.2, 0.25) is 0 Å². The van der Waals surface area contributed by atoms with Crippen LogP contribution in [0.15, 0.2) is 46.1 Å². The number of thiophene rings is 2. The quantitative estimate of drug-likeness (QED) is 0.509. The fourth-order valence-electron chi connectivity index (χ4n) is 3.42. The third kappa shape index (κ3) is 3.29. The third-order valence-electron chi connectivity index (χ3n) is 4.84. The van der Waals surface area contributed by atoms with Crippen LogP contribution in [0.3, 0.4) is 0 Å². The SMILES string of the molecule is CC(C)n1c(=O)n(C)c(=O)c2c(C(=O)O)c(Cc3ccc(-c4ccccn4)s3)sc21. The Balaban J connectivity index is 1.89. The lowest BCUT2D eigenvalue weighted by Gasteiger charge is -2.12. The van der Waals surface area contributed by atoms with E-state index >= 15 is 0 Å². The Morgan fingerprint density at radius 3 is 2.57 bits per heavy atom. The number of aromatic nitrogens is 3. The van der Waals surface area contributed by atoms with Gasteiger partial charge in [-0.15, -0.1) is 22.7 Å². The third-order valence-corrected chi connectivity index (χ3v) is 7.13. The van der Waals surface area contributed by atoms with Crippen molar-refractivity contribution in [2.45, 2.75) is 26.3 Å². The lowest BCUT2D eigenvalue weighted by atomic mass is 10.1. The van der Waals surface area contributed by atoms with Crippen LogP contribution in [-0.2, 0) is 13.5 Å². The zero-order valence-corrected chi connectivity index (χ0v) is 18.2. The van der Waals surface area contributed by atoms with E-state index in [0.29, 0.717) is 16.1 Å². The molecule has 4 heterocycles. The Morgan fingerprint density at radius 2 is 1.93 bits per heavy atom. The summed E-state index contributed by atoms with van der Waals surface area (Å²) in [5.41, 5.74) is -0.184. The summed E-state index contributed by atoms with van der Waals surface area (Å²) in [6.45, 7) is 3.67. The second-order valence-corrected chi connectivity index (χ2v) is 9.41. The van der Waals surface area contributed by atoms with Gasteiger partial charge in [-0.05, 0) is 38.1 Å². The lowest BCUT2D eigenvalue weighted by molar-refractivity contribution is 0.0698. The van der Waals surface area contributed by atoms with Crippen LogP contribution in [0.1, 0.15) is 40.0 Å². The highest BCUT2D eigenvalue weighted by Gasteiger charge is 2.26. The Hall–Kier alpha value is -3.04. The summed E-state index contributed by atoms with van der Waals surface area (Å²) in [6.07, 6.45) is 2.10. The molecule has 0 aliphatic carbocycles. The summed E-state index contributed by atoms with van der Waals surface area (Å²) in [5.74, 6) is -1.16. The highest BCUT2D eigenvalue weighted by Crippen LogP contribution is 2.34. The van der Waals surface area contributed by atoms with Crippen molar-refractivity contribution in [3.05, 3.63) is 72.7 Å². The van der Waals surface area contributed by atoms with Gasteiger partial charge in [-0.3, -0.25) is 18.9 Å². The number of carboxylic acids is 1. The maximum Gasteiger partial charge on any atom is 0.337 e. The van der Waals surface area contributed by atoms with Crippen molar-refractivity contribution < 1.29 is 9.90 Å². The van der Waals surface area contributed by atoms with E-state index < -0.39 is 17.2 Å². The number of nitrogens with zero attached hydrogens (tertiary/aromatic N) is 3. The summed E-state index contributed by atoms with van der Waals surface area (Å²) < 4.78 is 2.47. The number of carbonyl (C=O) groups is 1. The molecule has 154 valence electrons. The van der Waals surface area contributed by atoms with Crippen LogP contribution in [0.5, 0.6) is 0 Å². The molecule has 0 saturated heterocycles. The predicted octanol–water partition coefficient (Wildman–Crippen LogP) is 3.76. The van der Waals surface area contributed by atoms with E-state index in [9.17, 15) is 19.5 Å². The van der Waals surface area contributed by atoms with Crippen LogP contribution in [0.4, 0.5) is 0 Å². The standard InChI is InChI=1S/C21H19N3O4S2/c1-11(2)24-19-17(18(25)23(3)21(24)28)16(20(26)27)15(30-19)10-12-7-8-14(29-12)13-6-4-5-9-22-13/h4-9,11H,10H2,1-3H3,(H,26,27).